The SMILES string of the molecule is CCOc1ccc([C@@H](O)C#N)cc1. The van der Waals surface area contributed by atoms with E-state index in [0.717, 1.165) is 5.75 Å². The van der Waals surface area contributed by atoms with Crippen LogP contribution in [0.1, 0.15) is 18.6 Å². The standard InChI is InChI=1S/C10H11NO2/c1-2-13-9-5-3-8(4-6-9)10(12)7-11/h3-6,10,12H,2H2,1H3/t10-/m0/s1. The molecule has 1 rings (SSSR count). The summed E-state index contributed by atoms with van der Waals surface area (Å²) in [5, 5.41) is 17.6. The summed E-state index contributed by atoms with van der Waals surface area (Å²) in [7, 11) is 0. The van der Waals surface area contributed by atoms with E-state index in [0.29, 0.717) is 12.2 Å². The third-order valence-corrected chi connectivity index (χ3v) is 1.63. The normalized spacial score (nSPS) is 11.8. The van der Waals surface area contributed by atoms with E-state index in [4.69, 9.17) is 15.1 Å². The minimum absolute atomic E-state index is 0.589. The molecule has 0 aliphatic rings. The van der Waals surface area contributed by atoms with Crippen molar-refractivity contribution in [3.05, 3.63) is 29.8 Å². The predicted molar refractivity (Wildman–Crippen MR) is 48.2 cm³/mol. The van der Waals surface area contributed by atoms with Crippen LogP contribution in [0.5, 0.6) is 5.75 Å². The molecule has 0 spiro atoms. The highest BCUT2D eigenvalue weighted by Crippen LogP contribution is 2.16. The molecule has 0 saturated carbocycles. The lowest BCUT2D eigenvalue weighted by Crippen LogP contribution is -1.94. The molecule has 0 amide bonds. The van der Waals surface area contributed by atoms with Crippen LogP contribution in [0.25, 0.3) is 0 Å². The molecule has 0 aromatic heterocycles. The molecule has 1 atom stereocenters. The molecular formula is C10H11NO2. The van der Waals surface area contributed by atoms with Crippen LogP contribution in [-0.2, 0) is 0 Å². The second-order valence-electron chi connectivity index (χ2n) is 2.53. The molecule has 0 fully saturated rings. The molecule has 3 heteroatoms. The Bertz CT molecular complexity index is 300. The average Bonchev–Trinajstić information content (AvgIpc) is 2.18. The first-order chi connectivity index (χ1) is 6.27. The lowest BCUT2D eigenvalue weighted by molar-refractivity contribution is 0.235. The second kappa shape index (κ2) is 4.48. The summed E-state index contributed by atoms with van der Waals surface area (Å²) in [6.45, 7) is 2.51. The first-order valence-corrected chi connectivity index (χ1v) is 4.08. The van der Waals surface area contributed by atoms with Crippen molar-refractivity contribution < 1.29 is 9.84 Å². The van der Waals surface area contributed by atoms with Crippen molar-refractivity contribution in [1.82, 2.24) is 0 Å². The third kappa shape index (κ3) is 2.46. The second-order valence-corrected chi connectivity index (χ2v) is 2.53. The number of nitriles is 1. The van der Waals surface area contributed by atoms with Crippen molar-refractivity contribution in [3.8, 4) is 11.8 Å². The van der Waals surface area contributed by atoms with E-state index in [2.05, 4.69) is 0 Å². The van der Waals surface area contributed by atoms with Crippen molar-refractivity contribution in [3.63, 3.8) is 0 Å². The Morgan fingerprint density at radius 2 is 2.08 bits per heavy atom. The summed E-state index contributed by atoms with van der Waals surface area (Å²) in [5.41, 5.74) is 0.589. The van der Waals surface area contributed by atoms with Gasteiger partial charge in [0.25, 0.3) is 0 Å². The van der Waals surface area contributed by atoms with Crippen LogP contribution in [0, 0.1) is 11.3 Å². The lowest BCUT2D eigenvalue weighted by Gasteiger charge is -2.04. The molecular weight excluding hydrogens is 166 g/mol. The van der Waals surface area contributed by atoms with Crippen molar-refractivity contribution in [2.24, 2.45) is 0 Å². The van der Waals surface area contributed by atoms with Crippen LogP contribution in [0.2, 0.25) is 0 Å². The summed E-state index contributed by atoms with van der Waals surface area (Å²) in [5.74, 6) is 0.747. The number of nitrogens with zero attached hydrogens (tertiary/aromatic N) is 1. The molecule has 0 unspecified atom stereocenters. The van der Waals surface area contributed by atoms with E-state index in [-0.39, 0.29) is 0 Å². The predicted octanol–water partition coefficient (Wildman–Crippen LogP) is 1.64. The number of rotatable bonds is 3. The zero-order chi connectivity index (χ0) is 9.68. The van der Waals surface area contributed by atoms with Gasteiger partial charge in [0.1, 0.15) is 5.75 Å². The Morgan fingerprint density at radius 1 is 1.46 bits per heavy atom. The first-order valence-electron chi connectivity index (χ1n) is 4.08. The van der Waals surface area contributed by atoms with E-state index in [1.807, 2.05) is 6.92 Å². The topological polar surface area (TPSA) is 53.2 Å². The van der Waals surface area contributed by atoms with E-state index < -0.39 is 6.10 Å². The minimum Gasteiger partial charge on any atom is -0.494 e. The summed E-state index contributed by atoms with van der Waals surface area (Å²) >= 11 is 0. The van der Waals surface area contributed by atoms with Gasteiger partial charge in [-0.3, -0.25) is 0 Å². The monoisotopic (exact) mass is 177 g/mol. The zero-order valence-electron chi connectivity index (χ0n) is 7.40. The van der Waals surface area contributed by atoms with Gasteiger partial charge in [-0.05, 0) is 24.6 Å². The molecule has 13 heavy (non-hydrogen) atoms. The molecule has 1 aromatic carbocycles. The van der Waals surface area contributed by atoms with Gasteiger partial charge < -0.3 is 9.84 Å². The van der Waals surface area contributed by atoms with Gasteiger partial charge in [-0.15, -0.1) is 0 Å². The fraction of sp³-hybridized carbons (Fsp3) is 0.300. The van der Waals surface area contributed by atoms with Gasteiger partial charge in [0, 0.05) is 0 Å². The molecule has 68 valence electrons. The highest BCUT2D eigenvalue weighted by atomic mass is 16.5. The molecule has 0 saturated heterocycles. The van der Waals surface area contributed by atoms with Crippen LogP contribution in [0.3, 0.4) is 0 Å². The maximum atomic E-state index is 9.15. The van der Waals surface area contributed by atoms with Crippen molar-refractivity contribution in [2.75, 3.05) is 6.61 Å². The Kier molecular flexibility index (Phi) is 3.30. The molecule has 1 aromatic rings. The van der Waals surface area contributed by atoms with Crippen LogP contribution < -0.4 is 4.74 Å². The van der Waals surface area contributed by atoms with Gasteiger partial charge in [0.05, 0.1) is 12.7 Å². The number of hydrogen-bond acceptors (Lipinski definition) is 3. The Hall–Kier alpha value is -1.53. The third-order valence-electron chi connectivity index (χ3n) is 1.63. The minimum atomic E-state index is -1.05. The maximum absolute atomic E-state index is 9.15. The van der Waals surface area contributed by atoms with Crippen molar-refractivity contribution >= 4 is 0 Å². The fourth-order valence-electron chi connectivity index (χ4n) is 0.988. The average molecular weight is 177 g/mol. The van der Waals surface area contributed by atoms with Crippen LogP contribution in [0.15, 0.2) is 24.3 Å². The van der Waals surface area contributed by atoms with Crippen LogP contribution in [0.4, 0.5) is 0 Å². The smallest absolute Gasteiger partial charge is 0.165 e. The Morgan fingerprint density at radius 3 is 2.54 bits per heavy atom. The molecule has 1 N–H and O–H groups in total. The van der Waals surface area contributed by atoms with Gasteiger partial charge in [0.2, 0.25) is 0 Å². The number of benzene rings is 1. The summed E-state index contributed by atoms with van der Waals surface area (Å²) in [6.07, 6.45) is -1.05. The highest BCUT2D eigenvalue weighted by Gasteiger charge is 2.04. The molecule has 0 bridgehead atoms. The highest BCUT2D eigenvalue weighted by molar-refractivity contribution is 5.30. The Labute approximate surface area is 77.2 Å². The van der Waals surface area contributed by atoms with Crippen molar-refractivity contribution in [1.29, 1.82) is 5.26 Å². The van der Waals surface area contributed by atoms with E-state index >= 15 is 0 Å². The maximum Gasteiger partial charge on any atom is 0.165 e. The summed E-state index contributed by atoms with van der Waals surface area (Å²) in [6, 6.07) is 8.58. The molecule has 0 aliphatic carbocycles. The van der Waals surface area contributed by atoms with E-state index in [9.17, 15) is 0 Å². The quantitative estimate of drug-likeness (QED) is 0.714. The number of ether oxygens (including phenoxy) is 1. The number of aliphatic hydroxyl groups is 1. The first kappa shape index (κ1) is 9.56. The molecule has 3 nitrogen and oxygen atoms in total. The van der Waals surface area contributed by atoms with E-state index in [1.54, 1.807) is 30.3 Å². The number of hydrogen-bond donors (Lipinski definition) is 1. The van der Waals surface area contributed by atoms with Crippen LogP contribution in [-0.4, -0.2) is 11.7 Å². The number of aliphatic hydroxyl groups excluding tert-OH is 1. The Balaban J connectivity index is 2.76. The van der Waals surface area contributed by atoms with Gasteiger partial charge in [-0.1, -0.05) is 12.1 Å². The van der Waals surface area contributed by atoms with Gasteiger partial charge in [-0.25, -0.2) is 0 Å². The van der Waals surface area contributed by atoms with Gasteiger partial charge in [0.15, 0.2) is 6.10 Å². The lowest BCUT2D eigenvalue weighted by atomic mass is 10.1. The van der Waals surface area contributed by atoms with Gasteiger partial charge in [-0.2, -0.15) is 5.26 Å². The van der Waals surface area contributed by atoms with E-state index in [1.165, 1.54) is 0 Å². The molecule has 0 radical (unpaired) electrons. The summed E-state index contributed by atoms with van der Waals surface area (Å²) in [4.78, 5) is 0. The largest absolute Gasteiger partial charge is 0.494 e. The van der Waals surface area contributed by atoms with Gasteiger partial charge >= 0.3 is 0 Å². The molecule has 0 aliphatic heterocycles. The van der Waals surface area contributed by atoms with Crippen molar-refractivity contribution in [2.45, 2.75) is 13.0 Å². The zero-order valence-corrected chi connectivity index (χ0v) is 7.40. The summed E-state index contributed by atoms with van der Waals surface area (Å²) < 4.78 is 5.21. The van der Waals surface area contributed by atoms with Crippen LogP contribution >= 0.6 is 0 Å². The fourth-order valence-corrected chi connectivity index (χ4v) is 0.988. The molecule has 0 heterocycles.